The predicted octanol–water partition coefficient (Wildman–Crippen LogP) is 2.84. The number of benzene rings is 1. The Bertz CT molecular complexity index is 1100. The molecule has 32 heavy (non-hydrogen) atoms. The number of rotatable bonds is 7. The molecular weight excluding hydrogens is 404 g/mol. The van der Waals surface area contributed by atoms with Gasteiger partial charge >= 0.3 is 0 Å². The van der Waals surface area contributed by atoms with Gasteiger partial charge < -0.3 is 20.3 Å². The van der Waals surface area contributed by atoms with Crippen LogP contribution >= 0.6 is 0 Å². The fourth-order valence-electron chi connectivity index (χ4n) is 4.18. The normalized spacial score (nSPS) is 19.9. The highest BCUT2D eigenvalue weighted by molar-refractivity contribution is 5.93. The van der Waals surface area contributed by atoms with Crippen LogP contribution in [0.2, 0.25) is 0 Å². The molecule has 0 bridgehead atoms. The van der Waals surface area contributed by atoms with Crippen LogP contribution in [0.25, 0.3) is 0 Å². The maximum absolute atomic E-state index is 12.5. The lowest BCUT2D eigenvalue weighted by atomic mass is 10.0. The second kappa shape index (κ2) is 9.89. The number of nitrogens with zero attached hydrogens (tertiary/aromatic N) is 2. The summed E-state index contributed by atoms with van der Waals surface area (Å²) in [5, 5.41) is 17.0. The number of carbonyl (C=O) groups is 1. The van der Waals surface area contributed by atoms with Gasteiger partial charge in [0.1, 0.15) is 6.04 Å². The lowest BCUT2D eigenvalue weighted by molar-refractivity contribution is -0.118. The number of aromatic nitrogens is 2. The second-order valence-electron chi connectivity index (χ2n) is 8.29. The standard InChI is InChI=1S/C25H28N4O3/c1-17(29-14-3-2-6-23(29)30)25(32)28-20-9-7-18(8-10-20)15-21-11-12-22(27-21)24(31)19-5-4-13-26-16-19/h2-10,13-14,16-17,21-22,24,27,31H,11-12,15H2,1H3,(H,28,32)/t17-,21-,22+,24+/m0/s1. The van der Waals surface area contributed by atoms with Crippen molar-refractivity contribution in [3.8, 4) is 0 Å². The summed E-state index contributed by atoms with van der Waals surface area (Å²) < 4.78 is 1.41. The maximum Gasteiger partial charge on any atom is 0.251 e. The van der Waals surface area contributed by atoms with Crippen molar-refractivity contribution in [3.05, 3.63) is 94.7 Å². The van der Waals surface area contributed by atoms with Gasteiger partial charge in [0, 0.05) is 48.0 Å². The Kier molecular flexibility index (Phi) is 6.78. The fourth-order valence-corrected chi connectivity index (χ4v) is 4.18. The van der Waals surface area contributed by atoms with Crippen LogP contribution in [-0.4, -0.2) is 32.6 Å². The van der Waals surface area contributed by atoms with Gasteiger partial charge in [0.25, 0.3) is 5.56 Å². The number of nitrogens with one attached hydrogen (secondary N) is 2. The summed E-state index contributed by atoms with van der Waals surface area (Å²) in [7, 11) is 0. The van der Waals surface area contributed by atoms with Crippen LogP contribution in [0.1, 0.15) is 43.0 Å². The summed E-state index contributed by atoms with van der Waals surface area (Å²) in [6.07, 6.45) is 7.21. The van der Waals surface area contributed by atoms with E-state index in [1.807, 2.05) is 36.4 Å². The van der Waals surface area contributed by atoms with Gasteiger partial charge in [0.05, 0.1) is 6.10 Å². The molecule has 2 aromatic heterocycles. The molecule has 0 radical (unpaired) electrons. The summed E-state index contributed by atoms with van der Waals surface area (Å²) in [6.45, 7) is 1.70. The van der Waals surface area contributed by atoms with Crippen molar-refractivity contribution in [2.45, 2.75) is 50.4 Å². The Labute approximate surface area is 187 Å². The molecule has 1 aliphatic heterocycles. The highest BCUT2D eigenvalue weighted by Gasteiger charge is 2.30. The largest absolute Gasteiger partial charge is 0.387 e. The molecule has 1 aromatic carbocycles. The zero-order valence-electron chi connectivity index (χ0n) is 18.0. The number of hydrogen-bond acceptors (Lipinski definition) is 5. The molecule has 7 heteroatoms. The van der Waals surface area contributed by atoms with Crippen molar-refractivity contribution >= 4 is 11.6 Å². The van der Waals surface area contributed by atoms with E-state index in [4.69, 9.17) is 0 Å². The van der Waals surface area contributed by atoms with Crippen LogP contribution in [0.5, 0.6) is 0 Å². The van der Waals surface area contributed by atoms with Crippen LogP contribution in [-0.2, 0) is 11.2 Å². The molecule has 1 fully saturated rings. The molecule has 1 saturated heterocycles. The zero-order chi connectivity index (χ0) is 22.5. The van der Waals surface area contributed by atoms with Gasteiger partial charge in [-0.15, -0.1) is 0 Å². The summed E-state index contributed by atoms with van der Waals surface area (Å²) in [5.41, 5.74) is 2.47. The quantitative estimate of drug-likeness (QED) is 0.534. The van der Waals surface area contributed by atoms with E-state index in [0.717, 1.165) is 30.4 Å². The molecule has 0 spiro atoms. The molecule has 3 heterocycles. The van der Waals surface area contributed by atoms with E-state index in [1.165, 1.54) is 10.6 Å². The van der Waals surface area contributed by atoms with Crippen molar-refractivity contribution in [2.24, 2.45) is 0 Å². The minimum atomic E-state index is -0.603. The van der Waals surface area contributed by atoms with Crippen LogP contribution in [0, 0.1) is 0 Å². The first-order chi connectivity index (χ1) is 15.5. The average molecular weight is 433 g/mol. The Hall–Kier alpha value is -3.29. The van der Waals surface area contributed by atoms with Crippen LogP contribution in [0.15, 0.2) is 78.0 Å². The smallest absolute Gasteiger partial charge is 0.251 e. The topological polar surface area (TPSA) is 96.2 Å². The van der Waals surface area contributed by atoms with Gasteiger partial charge in [-0.3, -0.25) is 14.6 Å². The van der Waals surface area contributed by atoms with E-state index >= 15 is 0 Å². The molecule has 166 valence electrons. The van der Waals surface area contributed by atoms with Crippen molar-refractivity contribution in [1.82, 2.24) is 14.9 Å². The lowest BCUT2D eigenvalue weighted by Crippen LogP contribution is -2.35. The minimum absolute atomic E-state index is 0.0191. The van der Waals surface area contributed by atoms with E-state index in [2.05, 4.69) is 15.6 Å². The Morgan fingerprint density at radius 3 is 2.72 bits per heavy atom. The van der Waals surface area contributed by atoms with E-state index in [0.29, 0.717) is 5.69 Å². The molecule has 0 saturated carbocycles. The molecule has 4 rings (SSSR count). The van der Waals surface area contributed by atoms with Gasteiger partial charge in [0.2, 0.25) is 5.91 Å². The van der Waals surface area contributed by atoms with Crippen LogP contribution in [0.3, 0.4) is 0 Å². The molecule has 1 aliphatic rings. The molecule has 0 aliphatic carbocycles. The number of carbonyl (C=O) groups excluding carboxylic acids is 1. The van der Waals surface area contributed by atoms with Gasteiger partial charge in [-0.2, -0.15) is 0 Å². The fraction of sp³-hybridized carbons (Fsp3) is 0.320. The number of anilines is 1. The van der Waals surface area contributed by atoms with Gasteiger partial charge in [-0.1, -0.05) is 24.3 Å². The van der Waals surface area contributed by atoms with E-state index in [1.54, 1.807) is 37.6 Å². The monoisotopic (exact) mass is 432 g/mol. The molecule has 3 aromatic rings. The summed E-state index contributed by atoms with van der Waals surface area (Å²) in [6, 6.07) is 16.0. The van der Waals surface area contributed by atoms with Crippen molar-refractivity contribution in [2.75, 3.05) is 5.32 Å². The molecular formula is C25H28N4O3. The molecule has 0 unspecified atom stereocenters. The Morgan fingerprint density at radius 1 is 1.19 bits per heavy atom. The maximum atomic E-state index is 12.5. The number of hydrogen-bond donors (Lipinski definition) is 3. The van der Waals surface area contributed by atoms with Crippen LogP contribution in [0.4, 0.5) is 5.69 Å². The summed E-state index contributed by atoms with van der Waals surface area (Å²) >= 11 is 0. The van der Waals surface area contributed by atoms with Gasteiger partial charge in [-0.05, 0) is 56.0 Å². The van der Waals surface area contributed by atoms with Gasteiger partial charge in [-0.25, -0.2) is 0 Å². The first kappa shape index (κ1) is 21.9. The van der Waals surface area contributed by atoms with E-state index in [9.17, 15) is 14.7 Å². The highest BCUT2D eigenvalue weighted by atomic mass is 16.3. The third kappa shape index (κ3) is 5.12. The lowest BCUT2D eigenvalue weighted by Gasteiger charge is -2.20. The summed E-state index contributed by atoms with van der Waals surface area (Å²) in [5.74, 6) is -0.240. The predicted molar refractivity (Wildman–Crippen MR) is 123 cm³/mol. The molecule has 7 nitrogen and oxygen atoms in total. The summed E-state index contributed by atoms with van der Waals surface area (Å²) in [4.78, 5) is 28.6. The zero-order valence-corrected chi connectivity index (χ0v) is 18.0. The Balaban J connectivity index is 1.31. The second-order valence-corrected chi connectivity index (χ2v) is 8.29. The van der Waals surface area contributed by atoms with Crippen molar-refractivity contribution < 1.29 is 9.90 Å². The number of aliphatic hydroxyl groups excluding tert-OH is 1. The molecule has 1 amide bonds. The van der Waals surface area contributed by atoms with Gasteiger partial charge in [0.15, 0.2) is 0 Å². The van der Waals surface area contributed by atoms with Crippen molar-refractivity contribution in [3.63, 3.8) is 0 Å². The Morgan fingerprint density at radius 2 is 2.00 bits per heavy atom. The number of amides is 1. The SMILES string of the molecule is C[C@@H](C(=O)Nc1ccc(C[C@@H]2CC[C@H]([C@H](O)c3cccnc3)N2)cc1)n1ccccc1=O. The number of aliphatic hydroxyl groups is 1. The minimum Gasteiger partial charge on any atom is -0.387 e. The van der Waals surface area contributed by atoms with Crippen LogP contribution < -0.4 is 16.2 Å². The first-order valence-electron chi connectivity index (χ1n) is 10.9. The first-order valence-corrected chi connectivity index (χ1v) is 10.9. The molecule has 4 atom stereocenters. The van der Waals surface area contributed by atoms with Crippen molar-refractivity contribution in [1.29, 1.82) is 0 Å². The van der Waals surface area contributed by atoms with E-state index in [-0.39, 0.29) is 23.6 Å². The van der Waals surface area contributed by atoms with E-state index < -0.39 is 12.1 Å². The number of pyridine rings is 2. The highest BCUT2D eigenvalue weighted by Crippen LogP contribution is 2.26. The third-order valence-electron chi connectivity index (χ3n) is 6.03. The average Bonchev–Trinajstić information content (AvgIpc) is 3.28. The molecule has 3 N–H and O–H groups in total. The third-order valence-corrected chi connectivity index (χ3v) is 6.03.